The molecule has 0 saturated heterocycles. The van der Waals surface area contributed by atoms with E-state index in [-0.39, 0.29) is 5.91 Å². The van der Waals surface area contributed by atoms with Crippen LogP contribution in [0.3, 0.4) is 0 Å². The predicted octanol–water partition coefficient (Wildman–Crippen LogP) is 1.88. The van der Waals surface area contributed by atoms with Gasteiger partial charge in [0.15, 0.2) is 0 Å². The number of benzene rings is 1. The highest BCUT2D eigenvalue weighted by atomic mass is 16.2. The van der Waals surface area contributed by atoms with Crippen LogP contribution in [-0.2, 0) is 11.3 Å². The molecule has 0 fully saturated rings. The lowest BCUT2D eigenvalue weighted by molar-refractivity contribution is -0.131. The zero-order valence-electron chi connectivity index (χ0n) is 11.5. The van der Waals surface area contributed by atoms with E-state index < -0.39 is 0 Å². The predicted molar refractivity (Wildman–Crippen MR) is 76.7 cm³/mol. The Bertz CT molecular complexity index is 572. The Morgan fingerprint density at radius 2 is 2.11 bits per heavy atom. The Balaban J connectivity index is 2.08. The van der Waals surface area contributed by atoms with Gasteiger partial charge in [-0.3, -0.25) is 4.79 Å². The monoisotopic (exact) mass is 260 g/mol. The zero-order valence-corrected chi connectivity index (χ0v) is 11.5. The first-order valence-corrected chi connectivity index (χ1v) is 6.63. The van der Waals surface area contributed by atoms with Gasteiger partial charge in [-0.2, -0.15) is 0 Å². The van der Waals surface area contributed by atoms with Gasteiger partial charge in [0.2, 0.25) is 5.91 Å². The van der Waals surface area contributed by atoms with E-state index in [1.807, 2.05) is 41.5 Å². The van der Waals surface area contributed by atoms with Gasteiger partial charge in [-0.05, 0) is 32.0 Å². The molecule has 2 N–H and O–H groups in total. The van der Waals surface area contributed by atoms with Gasteiger partial charge in [0.25, 0.3) is 0 Å². The van der Waals surface area contributed by atoms with E-state index >= 15 is 0 Å². The van der Waals surface area contributed by atoms with Crippen LogP contribution >= 0.6 is 0 Å². The number of nitrogen functional groups attached to an aromatic ring is 1. The van der Waals surface area contributed by atoms with Crippen LogP contribution in [-0.4, -0.2) is 33.4 Å². The number of nitrogens with two attached hydrogens (primary N) is 1. The molecular formula is C14H20N4O. The van der Waals surface area contributed by atoms with Crippen LogP contribution in [0, 0.1) is 0 Å². The fourth-order valence-corrected chi connectivity index (χ4v) is 2.21. The Kier molecular flexibility index (Phi) is 4.04. The number of aryl methyl sites for hydroxylation is 1. The van der Waals surface area contributed by atoms with E-state index in [2.05, 4.69) is 4.98 Å². The molecule has 0 radical (unpaired) electrons. The summed E-state index contributed by atoms with van der Waals surface area (Å²) in [5, 5.41) is 0. The highest BCUT2D eigenvalue weighted by Gasteiger charge is 2.10. The summed E-state index contributed by atoms with van der Waals surface area (Å²) in [5.41, 5.74) is 8.31. The fourth-order valence-electron chi connectivity index (χ4n) is 2.21. The summed E-state index contributed by atoms with van der Waals surface area (Å²) in [5.74, 6) is 0.183. The van der Waals surface area contributed by atoms with Crippen LogP contribution in [0.5, 0.6) is 0 Å². The van der Waals surface area contributed by atoms with Gasteiger partial charge in [-0.15, -0.1) is 0 Å². The van der Waals surface area contributed by atoms with Crippen LogP contribution in [0.2, 0.25) is 0 Å². The van der Waals surface area contributed by atoms with Crippen LogP contribution in [0.1, 0.15) is 20.3 Å². The van der Waals surface area contributed by atoms with Crippen molar-refractivity contribution in [3.8, 4) is 0 Å². The molecule has 0 aliphatic heterocycles. The summed E-state index contributed by atoms with van der Waals surface area (Å²) >= 11 is 0. The second kappa shape index (κ2) is 5.73. The average molecular weight is 260 g/mol. The molecule has 0 aliphatic rings. The van der Waals surface area contributed by atoms with Crippen molar-refractivity contribution < 1.29 is 4.79 Å². The smallest absolute Gasteiger partial charge is 0.224 e. The Morgan fingerprint density at radius 3 is 2.79 bits per heavy atom. The maximum absolute atomic E-state index is 12.0. The maximum Gasteiger partial charge on any atom is 0.224 e. The molecule has 2 aromatic rings. The van der Waals surface area contributed by atoms with Crippen molar-refractivity contribution in [2.24, 2.45) is 0 Å². The fraction of sp³-hybridized carbons (Fsp3) is 0.429. The molecule has 0 aliphatic carbocycles. The summed E-state index contributed by atoms with van der Waals surface area (Å²) in [6.07, 6.45) is 2.26. The molecule has 1 heterocycles. The lowest BCUT2D eigenvalue weighted by Crippen LogP contribution is -2.31. The van der Waals surface area contributed by atoms with Crippen molar-refractivity contribution in [3.05, 3.63) is 24.5 Å². The topological polar surface area (TPSA) is 64.2 Å². The number of anilines is 1. The summed E-state index contributed by atoms with van der Waals surface area (Å²) in [7, 11) is 0. The molecule has 0 atom stereocenters. The first kappa shape index (κ1) is 13.4. The molecule has 0 spiro atoms. The van der Waals surface area contributed by atoms with Gasteiger partial charge >= 0.3 is 0 Å². The Hall–Kier alpha value is -2.04. The highest BCUT2D eigenvalue weighted by Crippen LogP contribution is 2.16. The van der Waals surface area contributed by atoms with Crippen molar-refractivity contribution in [1.82, 2.24) is 14.5 Å². The molecular weight excluding hydrogens is 240 g/mol. The molecule has 19 heavy (non-hydrogen) atoms. The van der Waals surface area contributed by atoms with E-state index in [9.17, 15) is 4.79 Å². The first-order chi connectivity index (χ1) is 9.15. The molecule has 0 bridgehead atoms. The van der Waals surface area contributed by atoms with E-state index in [1.165, 1.54) is 0 Å². The molecule has 0 unspecified atom stereocenters. The number of nitrogens with zero attached hydrogens (tertiary/aromatic N) is 3. The minimum Gasteiger partial charge on any atom is -0.399 e. The van der Waals surface area contributed by atoms with Gasteiger partial charge in [-0.25, -0.2) is 4.98 Å². The number of fused-ring (bicyclic) bond motifs is 1. The second-order valence-electron chi connectivity index (χ2n) is 4.50. The van der Waals surface area contributed by atoms with Crippen LogP contribution < -0.4 is 5.73 Å². The van der Waals surface area contributed by atoms with Crippen molar-refractivity contribution in [2.75, 3.05) is 18.8 Å². The summed E-state index contributed by atoms with van der Waals surface area (Å²) in [4.78, 5) is 18.1. The number of carbonyl (C=O) groups is 1. The van der Waals surface area contributed by atoms with Gasteiger partial charge in [-0.1, -0.05) is 0 Å². The molecule has 2 rings (SSSR count). The van der Waals surface area contributed by atoms with Gasteiger partial charge in [0, 0.05) is 31.7 Å². The van der Waals surface area contributed by atoms with E-state index in [0.717, 1.165) is 24.1 Å². The number of carbonyl (C=O) groups excluding carboxylic acids is 1. The normalized spacial score (nSPS) is 10.8. The SMILES string of the molecule is CCN(CC)C(=O)CCn1cnc2cc(N)ccc21. The van der Waals surface area contributed by atoms with E-state index in [0.29, 0.717) is 18.7 Å². The third-order valence-corrected chi connectivity index (χ3v) is 3.33. The first-order valence-electron chi connectivity index (χ1n) is 6.63. The third kappa shape index (κ3) is 2.86. The number of aromatic nitrogens is 2. The molecule has 5 nitrogen and oxygen atoms in total. The van der Waals surface area contributed by atoms with Crippen molar-refractivity contribution >= 4 is 22.6 Å². The van der Waals surface area contributed by atoms with E-state index in [1.54, 1.807) is 6.33 Å². The number of amides is 1. The minimum atomic E-state index is 0.183. The molecule has 0 saturated carbocycles. The number of hydrogen-bond donors (Lipinski definition) is 1. The van der Waals surface area contributed by atoms with Crippen molar-refractivity contribution in [3.63, 3.8) is 0 Å². The molecule has 102 valence electrons. The molecule has 1 aromatic carbocycles. The number of rotatable bonds is 5. The third-order valence-electron chi connectivity index (χ3n) is 3.33. The van der Waals surface area contributed by atoms with Gasteiger partial charge < -0.3 is 15.2 Å². The van der Waals surface area contributed by atoms with Crippen molar-refractivity contribution in [1.29, 1.82) is 0 Å². The Morgan fingerprint density at radius 1 is 1.37 bits per heavy atom. The van der Waals surface area contributed by atoms with Crippen LogP contribution in [0.25, 0.3) is 11.0 Å². The summed E-state index contributed by atoms with van der Waals surface area (Å²) in [6.45, 7) is 6.16. The Labute approximate surface area is 113 Å². The molecule has 1 aromatic heterocycles. The van der Waals surface area contributed by atoms with E-state index in [4.69, 9.17) is 5.73 Å². The lowest BCUT2D eigenvalue weighted by Gasteiger charge is -2.18. The number of imidazole rings is 1. The van der Waals surface area contributed by atoms with Crippen molar-refractivity contribution in [2.45, 2.75) is 26.8 Å². The van der Waals surface area contributed by atoms with Gasteiger partial charge in [0.05, 0.1) is 17.4 Å². The largest absolute Gasteiger partial charge is 0.399 e. The lowest BCUT2D eigenvalue weighted by atomic mass is 10.2. The molecule has 5 heteroatoms. The zero-order chi connectivity index (χ0) is 13.8. The maximum atomic E-state index is 12.0. The number of hydrogen-bond acceptors (Lipinski definition) is 3. The van der Waals surface area contributed by atoms with Crippen LogP contribution in [0.15, 0.2) is 24.5 Å². The minimum absolute atomic E-state index is 0.183. The van der Waals surface area contributed by atoms with Gasteiger partial charge in [0.1, 0.15) is 0 Å². The summed E-state index contributed by atoms with van der Waals surface area (Å²) < 4.78 is 2.00. The average Bonchev–Trinajstić information content (AvgIpc) is 2.80. The second-order valence-corrected chi connectivity index (χ2v) is 4.50. The van der Waals surface area contributed by atoms with Crippen LogP contribution in [0.4, 0.5) is 5.69 Å². The summed E-state index contributed by atoms with van der Waals surface area (Å²) in [6, 6.07) is 5.64. The highest BCUT2D eigenvalue weighted by molar-refractivity contribution is 5.79. The molecule has 1 amide bonds. The quantitative estimate of drug-likeness (QED) is 0.835. The standard InChI is InChI=1S/C14H20N4O/c1-3-17(4-2)14(19)7-8-18-10-16-12-9-11(15)5-6-13(12)18/h5-6,9-10H,3-4,7-8,15H2,1-2H3.